The Hall–Kier alpha value is -1.30. The molecule has 0 aromatic heterocycles. The third kappa shape index (κ3) is 3.91. The lowest BCUT2D eigenvalue weighted by atomic mass is 9.88. The lowest BCUT2D eigenvalue weighted by Crippen LogP contribution is -2.67. The quantitative estimate of drug-likeness (QED) is 0.278. The first-order valence-corrected chi connectivity index (χ1v) is 6.57. The summed E-state index contributed by atoms with van der Waals surface area (Å²) in [5.41, 5.74) is 0. The molecule has 0 aliphatic carbocycles. The van der Waals surface area contributed by atoms with E-state index >= 15 is 0 Å². The van der Waals surface area contributed by atoms with E-state index in [1.165, 1.54) is 0 Å². The van der Waals surface area contributed by atoms with Gasteiger partial charge in [0.1, 0.15) is 18.3 Å². The fourth-order valence-electron chi connectivity index (χ4n) is 2.29. The molecule has 128 valence electrons. The molecular formula is C12H21NO9. The SMILES string of the molecule is COC(=O)[C@]1(O)CC(O)[C@@H](NC(C)=O)C([C@H](O)[C@H](O)CO)O1. The van der Waals surface area contributed by atoms with Crippen molar-refractivity contribution in [1.29, 1.82) is 0 Å². The number of amides is 1. The molecule has 0 spiro atoms. The Morgan fingerprint density at radius 3 is 2.50 bits per heavy atom. The van der Waals surface area contributed by atoms with E-state index in [-0.39, 0.29) is 0 Å². The average molecular weight is 323 g/mol. The van der Waals surface area contributed by atoms with Crippen LogP contribution in [0.15, 0.2) is 0 Å². The summed E-state index contributed by atoms with van der Waals surface area (Å²) in [6.07, 6.45) is -7.09. The first-order chi connectivity index (χ1) is 10.2. The highest BCUT2D eigenvalue weighted by Gasteiger charge is 2.54. The van der Waals surface area contributed by atoms with Crippen molar-refractivity contribution >= 4 is 11.9 Å². The van der Waals surface area contributed by atoms with Crippen molar-refractivity contribution in [3.63, 3.8) is 0 Å². The lowest BCUT2D eigenvalue weighted by molar-refractivity contribution is -0.296. The van der Waals surface area contributed by atoms with Crippen molar-refractivity contribution < 1.29 is 44.6 Å². The van der Waals surface area contributed by atoms with Crippen molar-refractivity contribution in [3.8, 4) is 0 Å². The van der Waals surface area contributed by atoms with Crippen LogP contribution in [0.4, 0.5) is 0 Å². The Labute approximate surface area is 126 Å². The molecule has 6 atom stereocenters. The van der Waals surface area contributed by atoms with Crippen LogP contribution in [-0.4, -0.2) is 87.4 Å². The van der Waals surface area contributed by atoms with E-state index in [0.29, 0.717) is 0 Å². The maximum atomic E-state index is 11.6. The zero-order chi connectivity index (χ0) is 17.1. The molecule has 1 aliphatic rings. The van der Waals surface area contributed by atoms with Crippen LogP contribution >= 0.6 is 0 Å². The summed E-state index contributed by atoms with van der Waals surface area (Å²) < 4.78 is 9.45. The van der Waals surface area contributed by atoms with Crippen molar-refractivity contribution in [2.75, 3.05) is 13.7 Å². The van der Waals surface area contributed by atoms with Crippen LogP contribution in [0.5, 0.6) is 0 Å². The van der Waals surface area contributed by atoms with Crippen LogP contribution < -0.4 is 5.32 Å². The van der Waals surface area contributed by atoms with Gasteiger partial charge in [0.05, 0.1) is 25.9 Å². The van der Waals surface area contributed by atoms with Gasteiger partial charge in [0, 0.05) is 13.3 Å². The van der Waals surface area contributed by atoms with Gasteiger partial charge in [-0.05, 0) is 0 Å². The molecule has 0 radical (unpaired) electrons. The van der Waals surface area contributed by atoms with Gasteiger partial charge in [-0.3, -0.25) is 4.79 Å². The molecule has 1 amide bonds. The fraction of sp³-hybridized carbons (Fsp3) is 0.833. The minimum Gasteiger partial charge on any atom is -0.465 e. The monoisotopic (exact) mass is 323 g/mol. The lowest BCUT2D eigenvalue weighted by Gasteiger charge is -2.45. The summed E-state index contributed by atoms with van der Waals surface area (Å²) in [5.74, 6) is -4.32. The number of methoxy groups -OCH3 is 1. The van der Waals surface area contributed by atoms with Crippen LogP contribution in [0.1, 0.15) is 13.3 Å². The number of carbonyl (C=O) groups excluding carboxylic acids is 2. The third-order valence-corrected chi connectivity index (χ3v) is 3.38. The minimum absolute atomic E-state index is 0.563. The molecule has 1 fully saturated rings. The molecule has 22 heavy (non-hydrogen) atoms. The summed E-state index contributed by atoms with van der Waals surface area (Å²) in [4.78, 5) is 22.8. The Morgan fingerprint density at radius 2 is 2.05 bits per heavy atom. The molecule has 10 heteroatoms. The van der Waals surface area contributed by atoms with E-state index in [2.05, 4.69) is 10.1 Å². The summed E-state index contributed by atoms with van der Waals surface area (Å²) in [6, 6.07) is -1.21. The van der Waals surface area contributed by atoms with E-state index in [1.807, 2.05) is 0 Å². The van der Waals surface area contributed by atoms with E-state index in [9.17, 15) is 30.0 Å². The van der Waals surface area contributed by atoms with E-state index < -0.39 is 61.1 Å². The molecule has 0 bridgehead atoms. The summed E-state index contributed by atoms with van der Waals surface area (Å²) >= 11 is 0. The highest BCUT2D eigenvalue weighted by atomic mass is 16.7. The predicted molar refractivity (Wildman–Crippen MR) is 69.2 cm³/mol. The summed E-state index contributed by atoms with van der Waals surface area (Å²) in [6.45, 7) is 0.320. The van der Waals surface area contributed by atoms with Gasteiger partial charge >= 0.3 is 5.97 Å². The molecule has 6 N–H and O–H groups in total. The summed E-state index contributed by atoms with van der Waals surface area (Å²) in [7, 11) is 0.990. The van der Waals surface area contributed by atoms with Crippen LogP contribution in [0.25, 0.3) is 0 Å². The Balaban J connectivity index is 3.09. The van der Waals surface area contributed by atoms with Crippen LogP contribution in [-0.2, 0) is 19.1 Å². The van der Waals surface area contributed by atoms with Gasteiger partial charge in [0.2, 0.25) is 5.91 Å². The standard InChI is InChI=1S/C12H21NO9/c1-5(15)13-8-6(16)3-12(20,11(19)21-2)22-10(8)9(18)7(17)4-14/h6-10,14,16-18,20H,3-4H2,1-2H3,(H,13,15)/t6?,7-,8-,9-,10?,12+/m1/s1. The highest BCUT2D eigenvalue weighted by molar-refractivity contribution is 5.78. The Kier molecular flexibility index (Phi) is 6.23. The van der Waals surface area contributed by atoms with E-state index in [0.717, 1.165) is 14.0 Å². The van der Waals surface area contributed by atoms with Crippen molar-refractivity contribution in [2.45, 2.75) is 49.6 Å². The van der Waals surface area contributed by atoms with Gasteiger partial charge in [0.25, 0.3) is 5.79 Å². The Morgan fingerprint density at radius 1 is 1.45 bits per heavy atom. The zero-order valence-electron chi connectivity index (χ0n) is 12.2. The van der Waals surface area contributed by atoms with Gasteiger partial charge in [-0.1, -0.05) is 0 Å². The number of esters is 1. The van der Waals surface area contributed by atoms with Crippen molar-refractivity contribution in [2.24, 2.45) is 0 Å². The number of nitrogens with one attached hydrogen (secondary N) is 1. The maximum absolute atomic E-state index is 11.6. The molecule has 1 aliphatic heterocycles. The normalized spacial score (nSPS) is 34.6. The number of hydrogen-bond acceptors (Lipinski definition) is 9. The number of hydrogen-bond donors (Lipinski definition) is 6. The van der Waals surface area contributed by atoms with E-state index in [4.69, 9.17) is 9.84 Å². The minimum atomic E-state index is -2.55. The zero-order valence-corrected chi connectivity index (χ0v) is 12.2. The molecule has 0 saturated carbocycles. The first kappa shape index (κ1) is 18.7. The third-order valence-electron chi connectivity index (χ3n) is 3.38. The predicted octanol–water partition coefficient (Wildman–Crippen LogP) is -3.78. The van der Waals surface area contributed by atoms with Crippen LogP contribution in [0.2, 0.25) is 0 Å². The molecule has 0 aromatic carbocycles. The Bertz CT molecular complexity index is 417. The number of aliphatic hydroxyl groups is 5. The topological polar surface area (TPSA) is 166 Å². The largest absolute Gasteiger partial charge is 0.465 e. The van der Waals surface area contributed by atoms with E-state index in [1.54, 1.807) is 0 Å². The first-order valence-electron chi connectivity index (χ1n) is 6.57. The average Bonchev–Trinajstić information content (AvgIpc) is 2.46. The molecule has 1 saturated heterocycles. The van der Waals surface area contributed by atoms with Gasteiger partial charge in [-0.15, -0.1) is 0 Å². The number of aliphatic hydroxyl groups excluding tert-OH is 4. The highest BCUT2D eigenvalue weighted by Crippen LogP contribution is 2.31. The second kappa shape index (κ2) is 7.31. The number of carbonyl (C=O) groups is 2. The second-order valence-corrected chi connectivity index (χ2v) is 5.10. The van der Waals surface area contributed by atoms with Gasteiger partial charge < -0.3 is 40.3 Å². The maximum Gasteiger partial charge on any atom is 0.366 e. The molecule has 10 nitrogen and oxygen atoms in total. The van der Waals surface area contributed by atoms with Crippen molar-refractivity contribution in [3.05, 3.63) is 0 Å². The van der Waals surface area contributed by atoms with Gasteiger partial charge in [-0.25, -0.2) is 4.79 Å². The molecule has 0 aromatic rings. The molecule has 2 unspecified atom stereocenters. The number of ether oxygens (including phenoxy) is 2. The molecule has 1 heterocycles. The molecule has 1 rings (SSSR count). The van der Waals surface area contributed by atoms with Gasteiger partial charge in [-0.2, -0.15) is 0 Å². The molecular weight excluding hydrogens is 302 g/mol. The second-order valence-electron chi connectivity index (χ2n) is 5.10. The smallest absolute Gasteiger partial charge is 0.366 e. The summed E-state index contributed by atoms with van der Waals surface area (Å²) in [5, 5.41) is 50.8. The van der Waals surface area contributed by atoms with Gasteiger partial charge in [0.15, 0.2) is 0 Å². The van der Waals surface area contributed by atoms with Crippen molar-refractivity contribution in [1.82, 2.24) is 5.32 Å². The number of rotatable bonds is 5. The van der Waals surface area contributed by atoms with Crippen LogP contribution in [0.3, 0.4) is 0 Å². The fourth-order valence-corrected chi connectivity index (χ4v) is 2.29. The van der Waals surface area contributed by atoms with Crippen LogP contribution in [0, 0.1) is 0 Å².